The summed E-state index contributed by atoms with van der Waals surface area (Å²) in [4.78, 5) is 13.7. The van der Waals surface area contributed by atoms with Crippen molar-refractivity contribution in [2.75, 3.05) is 20.2 Å². The maximum atomic E-state index is 11.4. The maximum Gasteiger partial charge on any atom is 0.358 e. The van der Waals surface area contributed by atoms with Crippen LogP contribution in [0.5, 0.6) is 0 Å². The van der Waals surface area contributed by atoms with Gasteiger partial charge in [0.25, 0.3) is 0 Å². The molecule has 5 heteroatoms. The highest BCUT2D eigenvalue weighted by Gasteiger charge is 2.29. The Morgan fingerprint density at radius 1 is 1.30 bits per heavy atom. The molecule has 2 aromatic rings. The molecular weight excluding hydrogens is 254 g/mol. The average Bonchev–Trinajstić information content (AvgIpc) is 2.92. The fourth-order valence-corrected chi connectivity index (χ4v) is 2.44. The summed E-state index contributed by atoms with van der Waals surface area (Å²) in [6.07, 6.45) is 1.84. The summed E-state index contributed by atoms with van der Waals surface area (Å²) in [5.74, 6) is -0.385. The third kappa shape index (κ3) is 2.58. The molecule has 104 valence electrons. The van der Waals surface area contributed by atoms with E-state index in [-0.39, 0.29) is 5.97 Å². The van der Waals surface area contributed by atoms with Gasteiger partial charge in [0.15, 0.2) is 5.69 Å². The molecule has 20 heavy (non-hydrogen) atoms. The van der Waals surface area contributed by atoms with Crippen molar-refractivity contribution in [3.05, 3.63) is 53.9 Å². The normalized spacial score (nSPS) is 15.8. The van der Waals surface area contributed by atoms with Crippen molar-refractivity contribution in [1.29, 1.82) is 0 Å². The number of carbonyl (C=O) groups is 1. The molecule has 1 aromatic heterocycles. The quantitative estimate of drug-likeness (QED) is 0.795. The highest BCUT2D eigenvalue weighted by molar-refractivity contribution is 5.86. The Bertz CT molecular complexity index is 588. The average molecular weight is 271 g/mol. The Labute approximate surface area is 117 Å². The highest BCUT2D eigenvalue weighted by Crippen LogP contribution is 2.22. The van der Waals surface area contributed by atoms with Gasteiger partial charge >= 0.3 is 5.97 Å². The molecule has 0 atom stereocenters. The smallest absolute Gasteiger partial charge is 0.358 e. The first kappa shape index (κ1) is 12.9. The maximum absolute atomic E-state index is 11.4. The number of hydrogen-bond donors (Lipinski definition) is 0. The Kier molecular flexibility index (Phi) is 3.52. The molecule has 0 aliphatic carbocycles. The Balaban J connectivity index is 1.55. The molecule has 0 bridgehead atoms. The highest BCUT2D eigenvalue weighted by atomic mass is 16.5. The Hall–Kier alpha value is -2.14. The van der Waals surface area contributed by atoms with E-state index in [1.165, 1.54) is 12.7 Å². The molecule has 1 aromatic carbocycles. The van der Waals surface area contributed by atoms with Crippen molar-refractivity contribution in [2.45, 2.75) is 12.6 Å². The number of carbonyl (C=O) groups excluding carboxylic acids is 1. The van der Waals surface area contributed by atoms with Crippen molar-refractivity contribution >= 4 is 5.97 Å². The van der Waals surface area contributed by atoms with Crippen LogP contribution >= 0.6 is 0 Å². The van der Waals surface area contributed by atoms with Crippen LogP contribution in [-0.2, 0) is 11.3 Å². The Morgan fingerprint density at radius 2 is 2.05 bits per heavy atom. The van der Waals surface area contributed by atoms with E-state index in [4.69, 9.17) is 0 Å². The number of likely N-dealkylation sites (tertiary alicyclic amines) is 1. The minimum atomic E-state index is -0.385. The number of hydrogen-bond acceptors (Lipinski definition) is 4. The summed E-state index contributed by atoms with van der Waals surface area (Å²) in [6.45, 7) is 2.87. The lowest BCUT2D eigenvalue weighted by Gasteiger charge is -2.39. The molecule has 1 saturated heterocycles. The van der Waals surface area contributed by atoms with Crippen molar-refractivity contribution in [3.63, 3.8) is 0 Å². The molecule has 1 aliphatic heterocycles. The van der Waals surface area contributed by atoms with E-state index < -0.39 is 0 Å². The zero-order valence-electron chi connectivity index (χ0n) is 11.4. The third-order valence-corrected chi connectivity index (χ3v) is 3.56. The first-order valence-electron chi connectivity index (χ1n) is 6.66. The van der Waals surface area contributed by atoms with Gasteiger partial charge in [0, 0.05) is 25.8 Å². The van der Waals surface area contributed by atoms with E-state index in [1.54, 1.807) is 6.07 Å². The summed E-state index contributed by atoms with van der Waals surface area (Å²) in [6, 6.07) is 12.5. The number of benzene rings is 1. The lowest BCUT2D eigenvalue weighted by molar-refractivity contribution is 0.0587. The number of methoxy groups -OCH3 is 1. The Morgan fingerprint density at radius 3 is 2.75 bits per heavy atom. The van der Waals surface area contributed by atoms with Crippen LogP contribution in [0.2, 0.25) is 0 Å². The fourth-order valence-electron chi connectivity index (χ4n) is 2.44. The van der Waals surface area contributed by atoms with E-state index in [1.807, 2.05) is 16.9 Å². The van der Waals surface area contributed by atoms with Gasteiger partial charge in [-0.3, -0.25) is 9.58 Å². The summed E-state index contributed by atoms with van der Waals surface area (Å²) >= 11 is 0. The predicted molar refractivity (Wildman–Crippen MR) is 74.3 cm³/mol. The molecule has 1 fully saturated rings. The van der Waals surface area contributed by atoms with E-state index in [9.17, 15) is 4.79 Å². The van der Waals surface area contributed by atoms with Gasteiger partial charge in [-0.05, 0) is 11.6 Å². The SMILES string of the molecule is COC(=O)c1ccn(C2CN(Cc3ccccc3)C2)n1. The summed E-state index contributed by atoms with van der Waals surface area (Å²) < 4.78 is 6.51. The second-order valence-electron chi connectivity index (χ2n) is 5.01. The van der Waals surface area contributed by atoms with Crippen LogP contribution in [0.1, 0.15) is 22.1 Å². The van der Waals surface area contributed by atoms with Crippen LogP contribution < -0.4 is 0 Å². The van der Waals surface area contributed by atoms with Crippen molar-refractivity contribution < 1.29 is 9.53 Å². The molecule has 1 aliphatic rings. The lowest BCUT2D eigenvalue weighted by atomic mass is 10.1. The van der Waals surface area contributed by atoms with Crippen LogP contribution in [0.4, 0.5) is 0 Å². The molecule has 0 saturated carbocycles. The number of esters is 1. The summed E-state index contributed by atoms with van der Waals surface area (Å²) in [5.41, 5.74) is 1.69. The van der Waals surface area contributed by atoms with Crippen LogP contribution in [0.25, 0.3) is 0 Å². The van der Waals surface area contributed by atoms with Gasteiger partial charge in [-0.15, -0.1) is 0 Å². The van der Waals surface area contributed by atoms with Gasteiger partial charge in [-0.25, -0.2) is 4.79 Å². The molecule has 0 spiro atoms. The molecule has 0 amide bonds. The zero-order chi connectivity index (χ0) is 13.9. The monoisotopic (exact) mass is 271 g/mol. The summed E-state index contributed by atoms with van der Waals surface area (Å²) in [7, 11) is 1.37. The van der Waals surface area contributed by atoms with Gasteiger partial charge in [0.1, 0.15) is 0 Å². The number of nitrogens with zero attached hydrogens (tertiary/aromatic N) is 3. The van der Waals surface area contributed by atoms with Gasteiger partial charge in [0.2, 0.25) is 0 Å². The predicted octanol–water partition coefficient (Wildman–Crippen LogP) is 1.73. The van der Waals surface area contributed by atoms with Crippen molar-refractivity contribution in [2.24, 2.45) is 0 Å². The molecule has 3 rings (SSSR count). The number of rotatable bonds is 4. The van der Waals surface area contributed by atoms with E-state index in [0.717, 1.165) is 19.6 Å². The molecular formula is C15H17N3O2. The molecule has 2 heterocycles. The van der Waals surface area contributed by atoms with Gasteiger partial charge in [0.05, 0.1) is 13.2 Å². The molecule has 5 nitrogen and oxygen atoms in total. The fraction of sp³-hybridized carbons (Fsp3) is 0.333. The van der Waals surface area contributed by atoms with E-state index >= 15 is 0 Å². The van der Waals surface area contributed by atoms with Crippen LogP contribution in [0, 0.1) is 0 Å². The van der Waals surface area contributed by atoms with Gasteiger partial charge < -0.3 is 4.74 Å². The second-order valence-corrected chi connectivity index (χ2v) is 5.01. The minimum Gasteiger partial charge on any atom is -0.464 e. The van der Waals surface area contributed by atoms with Crippen LogP contribution in [-0.4, -0.2) is 40.8 Å². The largest absolute Gasteiger partial charge is 0.464 e. The first-order chi connectivity index (χ1) is 9.76. The lowest BCUT2D eigenvalue weighted by Crippen LogP contribution is -2.47. The van der Waals surface area contributed by atoms with Crippen LogP contribution in [0.15, 0.2) is 42.6 Å². The number of ether oxygens (including phenoxy) is 1. The van der Waals surface area contributed by atoms with Crippen LogP contribution in [0.3, 0.4) is 0 Å². The third-order valence-electron chi connectivity index (χ3n) is 3.56. The standard InChI is InChI=1S/C15H17N3O2/c1-20-15(19)14-7-8-18(16-14)13-10-17(11-13)9-12-5-3-2-4-6-12/h2-8,13H,9-11H2,1H3. The van der Waals surface area contributed by atoms with E-state index in [0.29, 0.717) is 11.7 Å². The molecule has 0 unspecified atom stereocenters. The topological polar surface area (TPSA) is 47.4 Å². The zero-order valence-corrected chi connectivity index (χ0v) is 11.4. The van der Waals surface area contributed by atoms with Gasteiger partial charge in [-0.1, -0.05) is 30.3 Å². The number of aromatic nitrogens is 2. The van der Waals surface area contributed by atoms with Gasteiger partial charge in [-0.2, -0.15) is 5.10 Å². The first-order valence-corrected chi connectivity index (χ1v) is 6.66. The second kappa shape index (κ2) is 5.46. The molecule has 0 radical (unpaired) electrons. The van der Waals surface area contributed by atoms with E-state index in [2.05, 4.69) is 39.0 Å². The van der Waals surface area contributed by atoms with Crippen molar-refractivity contribution in [1.82, 2.24) is 14.7 Å². The molecule has 0 N–H and O–H groups in total. The van der Waals surface area contributed by atoms with Crippen molar-refractivity contribution in [3.8, 4) is 0 Å². The minimum absolute atomic E-state index is 0.345. The summed E-state index contributed by atoms with van der Waals surface area (Å²) in [5, 5.41) is 4.26.